The van der Waals surface area contributed by atoms with E-state index >= 15 is 0 Å². The number of nitrogens with one attached hydrogen (secondary N) is 1. The molecule has 1 spiro atoms. The van der Waals surface area contributed by atoms with Gasteiger partial charge in [0.25, 0.3) is 0 Å². The molecule has 1 aromatic heterocycles. The molecule has 128 valence electrons. The fourth-order valence-corrected chi connectivity index (χ4v) is 3.24. The summed E-state index contributed by atoms with van der Waals surface area (Å²) in [6, 6.07) is 0. The molecular formula is C16H25N3O4. The Labute approximate surface area is 136 Å². The smallest absolute Gasteiger partial charge is 0.141 e. The Kier molecular flexibility index (Phi) is 5.13. The summed E-state index contributed by atoms with van der Waals surface area (Å²) in [6.07, 6.45) is 1.64. The number of aromatic hydroxyl groups is 1. The van der Waals surface area contributed by atoms with Crippen LogP contribution in [0.5, 0.6) is 5.75 Å². The zero-order valence-electron chi connectivity index (χ0n) is 13.5. The fraction of sp³-hybridized carbons (Fsp3) is 0.688. The Balaban J connectivity index is 1.76. The number of aliphatic hydroxyl groups is 1. The molecule has 3 rings (SSSR count). The maximum absolute atomic E-state index is 10.3. The molecule has 1 atom stereocenters. The van der Waals surface area contributed by atoms with Crippen LogP contribution in [-0.2, 0) is 22.6 Å². The third-order valence-electron chi connectivity index (χ3n) is 4.55. The topological polar surface area (TPSA) is 87.1 Å². The van der Waals surface area contributed by atoms with E-state index in [1.807, 2.05) is 0 Å². The molecule has 0 saturated carbocycles. The zero-order chi connectivity index (χ0) is 16.3. The molecule has 0 bridgehead atoms. The number of aromatic nitrogens is 1. The van der Waals surface area contributed by atoms with Crippen molar-refractivity contribution in [3.63, 3.8) is 0 Å². The summed E-state index contributed by atoms with van der Waals surface area (Å²) in [4.78, 5) is 6.36. The van der Waals surface area contributed by atoms with Gasteiger partial charge in [-0.1, -0.05) is 0 Å². The normalized spacial score (nSPS) is 26.3. The number of morpholine rings is 1. The summed E-state index contributed by atoms with van der Waals surface area (Å²) in [5.74, 6) is 0.173. The van der Waals surface area contributed by atoms with Crippen molar-refractivity contribution in [1.29, 1.82) is 0 Å². The van der Waals surface area contributed by atoms with Gasteiger partial charge >= 0.3 is 0 Å². The second kappa shape index (κ2) is 7.11. The van der Waals surface area contributed by atoms with Crippen LogP contribution in [0.4, 0.5) is 0 Å². The second-order valence-electron chi connectivity index (χ2n) is 6.33. The van der Waals surface area contributed by atoms with Crippen molar-refractivity contribution < 1.29 is 19.7 Å². The minimum Gasteiger partial charge on any atom is -0.506 e. The van der Waals surface area contributed by atoms with Gasteiger partial charge in [-0.25, -0.2) is 0 Å². The molecule has 23 heavy (non-hydrogen) atoms. The summed E-state index contributed by atoms with van der Waals surface area (Å²) in [5, 5.41) is 23.2. The van der Waals surface area contributed by atoms with Crippen molar-refractivity contribution in [2.45, 2.75) is 25.7 Å². The van der Waals surface area contributed by atoms with Gasteiger partial charge in [0.2, 0.25) is 0 Å². The van der Waals surface area contributed by atoms with Crippen LogP contribution in [0.3, 0.4) is 0 Å². The summed E-state index contributed by atoms with van der Waals surface area (Å²) in [5.41, 5.74) is 1.66. The maximum atomic E-state index is 10.3. The number of hydrogen-bond acceptors (Lipinski definition) is 7. The predicted molar refractivity (Wildman–Crippen MR) is 84.2 cm³/mol. The van der Waals surface area contributed by atoms with Crippen molar-refractivity contribution in [2.24, 2.45) is 0 Å². The fourth-order valence-electron chi connectivity index (χ4n) is 3.24. The molecule has 1 aromatic rings. The Bertz CT molecular complexity index is 544. The summed E-state index contributed by atoms with van der Waals surface area (Å²) >= 11 is 0. The van der Waals surface area contributed by atoms with Crippen molar-refractivity contribution in [3.8, 4) is 5.75 Å². The van der Waals surface area contributed by atoms with E-state index in [1.165, 1.54) is 0 Å². The zero-order valence-corrected chi connectivity index (χ0v) is 13.5. The van der Waals surface area contributed by atoms with Crippen LogP contribution in [0.2, 0.25) is 0 Å². The lowest BCUT2D eigenvalue weighted by molar-refractivity contribution is -0.135. The predicted octanol–water partition coefficient (Wildman–Crippen LogP) is -0.221. The lowest BCUT2D eigenvalue weighted by Crippen LogP contribution is -2.57. The molecule has 2 fully saturated rings. The van der Waals surface area contributed by atoms with Crippen LogP contribution in [0.25, 0.3) is 0 Å². The number of ether oxygens (including phenoxy) is 2. The average Bonchev–Trinajstić information content (AvgIpc) is 2.78. The van der Waals surface area contributed by atoms with Crippen LogP contribution < -0.4 is 5.32 Å². The highest BCUT2D eigenvalue weighted by Crippen LogP contribution is 2.28. The molecule has 3 N–H and O–H groups in total. The van der Waals surface area contributed by atoms with E-state index in [-0.39, 0.29) is 18.0 Å². The van der Waals surface area contributed by atoms with Crippen LogP contribution in [0, 0.1) is 6.92 Å². The van der Waals surface area contributed by atoms with Crippen LogP contribution in [-0.4, -0.2) is 71.7 Å². The summed E-state index contributed by atoms with van der Waals surface area (Å²) in [7, 11) is 0. The largest absolute Gasteiger partial charge is 0.506 e. The lowest BCUT2D eigenvalue weighted by atomic mass is 10.0. The molecule has 2 saturated heterocycles. The first kappa shape index (κ1) is 16.6. The molecule has 0 aliphatic carbocycles. The van der Waals surface area contributed by atoms with E-state index in [0.29, 0.717) is 37.6 Å². The van der Waals surface area contributed by atoms with E-state index < -0.39 is 0 Å². The Morgan fingerprint density at radius 2 is 2.30 bits per heavy atom. The summed E-state index contributed by atoms with van der Waals surface area (Å²) in [6.45, 7) is 7.22. The molecule has 0 aromatic carbocycles. The van der Waals surface area contributed by atoms with Gasteiger partial charge in [-0.15, -0.1) is 0 Å². The minimum absolute atomic E-state index is 0.129. The summed E-state index contributed by atoms with van der Waals surface area (Å²) < 4.78 is 11.7. The first-order chi connectivity index (χ1) is 11.1. The van der Waals surface area contributed by atoms with E-state index in [4.69, 9.17) is 9.47 Å². The van der Waals surface area contributed by atoms with Gasteiger partial charge in [0, 0.05) is 50.0 Å². The number of hydrogen-bond donors (Lipinski definition) is 3. The third-order valence-corrected chi connectivity index (χ3v) is 4.55. The molecule has 0 amide bonds. The SMILES string of the molecule is Cc1ncc(CO)c(CN2CCOC3(CNCCOC3)C2)c1O. The highest BCUT2D eigenvalue weighted by molar-refractivity contribution is 5.40. The van der Waals surface area contributed by atoms with Crippen LogP contribution in [0.1, 0.15) is 16.8 Å². The van der Waals surface area contributed by atoms with Gasteiger partial charge < -0.3 is 25.0 Å². The van der Waals surface area contributed by atoms with Crippen LogP contribution >= 0.6 is 0 Å². The number of aryl methyl sites for hydroxylation is 1. The quantitative estimate of drug-likeness (QED) is 0.709. The van der Waals surface area contributed by atoms with E-state index in [1.54, 1.807) is 13.1 Å². The standard InChI is InChI=1S/C16H25N3O4/c1-12-15(21)14(13(8-20)6-18-12)7-19-3-5-23-16(10-19)9-17-2-4-22-11-16/h6,17,20-21H,2-5,7-11H2,1H3. The lowest BCUT2D eigenvalue weighted by Gasteiger charge is -2.42. The second-order valence-corrected chi connectivity index (χ2v) is 6.33. The van der Waals surface area contributed by atoms with Crippen molar-refractivity contribution >= 4 is 0 Å². The Morgan fingerprint density at radius 3 is 3.13 bits per heavy atom. The average molecular weight is 323 g/mol. The van der Waals surface area contributed by atoms with Gasteiger partial charge in [0.1, 0.15) is 11.4 Å². The molecule has 7 nitrogen and oxygen atoms in total. The van der Waals surface area contributed by atoms with Crippen molar-refractivity contribution in [3.05, 3.63) is 23.0 Å². The number of nitrogens with zero attached hydrogens (tertiary/aromatic N) is 2. The first-order valence-electron chi connectivity index (χ1n) is 8.05. The molecule has 0 radical (unpaired) electrons. The maximum Gasteiger partial charge on any atom is 0.141 e. The molecule has 7 heteroatoms. The molecule has 3 heterocycles. The van der Waals surface area contributed by atoms with Crippen molar-refractivity contribution in [1.82, 2.24) is 15.2 Å². The molecular weight excluding hydrogens is 298 g/mol. The number of pyridine rings is 1. The van der Waals surface area contributed by atoms with Gasteiger partial charge in [-0.05, 0) is 6.92 Å². The van der Waals surface area contributed by atoms with E-state index in [9.17, 15) is 10.2 Å². The van der Waals surface area contributed by atoms with Gasteiger partial charge in [-0.3, -0.25) is 9.88 Å². The number of rotatable bonds is 3. The van der Waals surface area contributed by atoms with E-state index in [0.717, 1.165) is 31.7 Å². The van der Waals surface area contributed by atoms with Crippen LogP contribution in [0.15, 0.2) is 6.20 Å². The number of aliphatic hydroxyl groups excluding tert-OH is 1. The highest BCUT2D eigenvalue weighted by Gasteiger charge is 2.38. The third kappa shape index (κ3) is 3.64. The van der Waals surface area contributed by atoms with Crippen molar-refractivity contribution in [2.75, 3.05) is 46.0 Å². The first-order valence-corrected chi connectivity index (χ1v) is 8.05. The highest BCUT2D eigenvalue weighted by atomic mass is 16.5. The molecule has 2 aliphatic rings. The molecule has 2 aliphatic heterocycles. The Morgan fingerprint density at radius 1 is 1.43 bits per heavy atom. The van der Waals surface area contributed by atoms with Gasteiger partial charge in [0.15, 0.2) is 0 Å². The van der Waals surface area contributed by atoms with E-state index in [2.05, 4.69) is 15.2 Å². The Hall–Kier alpha value is -1.25. The van der Waals surface area contributed by atoms with Gasteiger partial charge in [0.05, 0.1) is 32.1 Å². The minimum atomic E-state index is -0.341. The molecule has 1 unspecified atom stereocenters. The van der Waals surface area contributed by atoms with Gasteiger partial charge in [-0.2, -0.15) is 0 Å². The monoisotopic (exact) mass is 323 g/mol.